The minimum atomic E-state index is -2.52. The lowest BCUT2D eigenvalue weighted by molar-refractivity contribution is -0.134. The average molecular weight is 359 g/mol. The second kappa shape index (κ2) is 8.58. The fraction of sp³-hybridized carbons (Fsp3) is 0.900. The van der Waals surface area contributed by atoms with Crippen LogP contribution in [0.15, 0.2) is 0 Å². The van der Waals surface area contributed by atoms with E-state index in [2.05, 4.69) is 13.1 Å². The van der Waals surface area contributed by atoms with Crippen molar-refractivity contribution in [3.8, 4) is 0 Å². The number of carbonyl (C=O) groups is 1. The first-order valence-electron chi connectivity index (χ1n) is 6.56. The van der Waals surface area contributed by atoms with Crippen LogP contribution in [0.3, 0.4) is 0 Å². The molecule has 0 bridgehead atoms. The molecular formula is C10H30O6Si4. The first-order chi connectivity index (χ1) is 8.56. The Bertz CT molecular complexity index is 297. The van der Waals surface area contributed by atoms with Crippen LogP contribution in [0.25, 0.3) is 0 Å². The number of aliphatic carboxylic acids is 1. The Morgan fingerprint density at radius 1 is 0.950 bits per heavy atom. The lowest BCUT2D eigenvalue weighted by Gasteiger charge is -2.36. The van der Waals surface area contributed by atoms with Gasteiger partial charge in [-0.25, -0.2) is 0 Å². The summed E-state index contributed by atoms with van der Waals surface area (Å²) in [5, 5.41) is 7.42. The number of hydrogen-bond donors (Lipinski definition) is 2. The van der Waals surface area contributed by atoms with Crippen LogP contribution in [0.2, 0.25) is 52.4 Å². The van der Waals surface area contributed by atoms with Gasteiger partial charge in [0.1, 0.15) is 0 Å². The van der Waals surface area contributed by atoms with E-state index in [1.165, 1.54) is 0 Å². The predicted molar refractivity (Wildman–Crippen MR) is 90.1 cm³/mol. The van der Waals surface area contributed by atoms with Crippen LogP contribution in [0.5, 0.6) is 0 Å². The first-order valence-corrected chi connectivity index (χ1v) is 17.8. The Morgan fingerprint density at radius 2 is 1.30 bits per heavy atom. The molecule has 0 heterocycles. The molecule has 6 nitrogen and oxygen atoms in total. The van der Waals surface area contributed by atoms with Gasteiger partial charge in [0, 0.05) is 6.92 Å². The lowest BCUT2D eigenvalue weighted by atomic mass is 10.9. The summed E-state index contributed by atoms with van der Waals surface area (Å²) in [7, 11) is -7.97. The number of hydrogen-bond acceptors (Lipinski definition) is 5. The van der Waals surface area contributed by atoms with Crippen molar-refractivity contribution in [1.82, 2.24) is 0 Å². The van der Waals surface area contributed by atoms with Gasteiger partial charge in [-0.15, -0.1) is 0 Å². The van der Waals surface area contributed by atoms with E-state index in [1.54, 1.807) is 13.1 Å². The summed E-state index contributed by atoms with van der Waals surface area (Å²) in [6, 6.07) is 0. The molecule has 0 saturated heterocycles. The number of carboxylic acids is 1. The maximum absolute atomic E-state index is 9.79. The third-order valence-corrected chi connectivity index (χ3v) is 13.6. The number of rotatable bonds is 6. The zero-order chi connectivity index (χ0) is 16.8. The van der Waals surface area contributed by atoms with Crippen molar-refractivity contribution in [3.05, 3.63) is 0 Å². The highest BCUT2D eigenvalue weighted by atomic mass is 28.5. The van der Waals surface area contributed by atoms with Gasteiger partial charge in [0.2, 0.25) is 0 Å². The molecule has 0 atom stereocenters. The third kappa shape index (κ3) is 18.2. The quantitative estimate of drug-likeness (QED) is 0.708. The fourth-order valence-corrected chi connectivity index (χ4v) is 17.1. The van der Waals surface area contributed by atoms with E-state index in [1.807, 2.05) is 26.2 Å². The predicted octanol–water partition coefficient (Wildman–Crippen LogP) is 2.21. The second-order valence-electron chi connectivity index (χ2n) is 6.14. The molecule has 0 aliphatic heterocycles. The van der Waals surface area contributed by atoms with E-state index in [0.717, 1.165) is 6.92 Å². The standard InChI is InChI=1S/C8H26O4Si4.C2H4O2/c1-13(2)10-15(5,6)12-16(7,8)11-14(3,4)9;1-2(3)4/h9,13H,1-8H3;1H3,(H,3,4). The van der Waals surface area contributed by atoms with Crippen LogP contribution in [-0.2, 0) is 17.1 Å². The molecule has 0 aliphatic rings. The smallest absolute Gasteiger partial charge is 0.320 e. The Hall–Kier alpha value is 0.178. The molecule has 0 fully saturated rings. The minimum Gasteiger partial charge on any atom is -0.481 e. The maximum Gasteiger partial charge on any atom is 0.320 e. The summed E-state index contributed by atoms with van der Waals surface area (Å²) in [5.74, 6) is -0.833. The summed E-state index contributed by atoms with van der Waals surface area (Å²) >= 11 is 0. The summed E-state index contributed by atoms with van der Waals surface area (Å²) < 4.78 is 17.7. The van der Waals surface area contributed by atoms with Crippen molar-refractivity contribution >= 4 is 40.7 Å². The Morgan fingerprint density at radius 3 is 1.55 bits per heavy atom. The fourth-order valence-electron chi connectivity index (χ4n) is 1.81. The van der Waals surface area contributed by atoms with Gasteiger partial charge in [-0.1, -0.05) is 0 Å². The van der Waals surface area contributed by atoms with Gasteiger partial charge in [-0.2, -0.15) is 0 Å². The lowest BCUT2D eigenvalue weighted by Crippen LogP contribution is -2.54. The molecule has 0 amide bonds. The van der Waals surface area contributed by atoms with Crippen LogP contribution >= 0.6 is 0 Å². The molecule has 0 aromatic carbocycles. The molecule has 122 valence electrons. The van der Waals surface area contributed by atoms with E-state index in [0.29, 0.717) is 0 Å². The monoisotopic (exact) mass is 358 g/mol. The van der Waals surface area contributed by atoms with Crippen LogP contribution in [0.4, 0.5) is 0 Å². The molecule has 0 aliphatic carbocycles. The summed E-state index contributed by atoms with van der Waals surface area (Å²) in [6.45, 7) is 16.9. The van der Waals surface area contributed by atoms with Gasteiger partial charge in [-0.3, -0.25) is 4.79 Å². The first kappa shape index (κ1) is 22.5. The molecule has 20 heavy (non-hydrogen) atoms. The molecule has 0 aromatic heterocycles. The topological polar surface area (TPSA) is 85.2 Å². The van der Waals surface area contributed by atoms with Gasteiger partial charge >= 0.3 is 25.7 Å². The molecule has 0 rings (SSSR count). The van der Waals surface area contributed by atoms with Crippen molar-refractivity contribution in [1.29, 1.82) is 0 Å². The Balaban J connectivity index is 0. The van der Waals surface area contributed by atoms with Crippen molar-refractivity contribution in [3.63, 3.8) is 0 Å². The van der Waals surface area contributed by atoms with E-state index in [4.69, 9.17) is 22.2 Å². The second-order valence-corrected chi connectivity index (χ2v) is 19.3. The van der Waals surface area contributed by atoms with Crippen LogP contribution in [-0.4, -0.2) is 50.6 Å². The van der Waals surface area contributed by atoms with E-state index >= 15 is 0 Å². The zero-order valence-corrected chi connectivity index (χ0v) is 18.3. The van der Waals surface area contributed by atoms with Gasteiger partial charge < -0.3 is 22.2 Å². The highest BCUT2D eigenvalue weighted by Crippen LogP contribution is 2.20. The summed E-state index contributed by atoms with van der Waals surface area (Å²) in [6.07, 6.45) is 0. The molecule has 0 unspecified atom stereocenters. The van der Waals surface area contributed by atoms with Gasteiger partial charge in [0.05, 0.1) is 0 Å². The Kier molecular flexibility index (Phi) is 9.63. The molecule has 2 N–H and O–H groups in total. The molecule has 0 saturated carbocycles. The van der Waals surface area contributed by atoms with Crippen molar-refractivity contribution in [2.24, 2.45) is 0 Å². The molecule has 0 spiro atoms. The Labute approximate surface area is 127 Å². The molecular weight excluding hydrogens is 328 g/mol. The van der Waals surface area contributed by atoms with Crippen molar-refractivity contribution < 1.29 is 27.0 Å². The SMILES string of the molecule is CC(=O)O.C[SiH](C)O[Si](C)(C)O[Si](C)(C)O[Si](C)(C)O. The normalized spacial score (nSPS) is 12.9. The summed E-state index contributed by atoms with van der Waals surface area (Å²) in [5.41, 5.74) is 0. The third-order valence-electron chi connectivity index (χ3n) is 1.51. The van der Waals surface area contributed by atoms with Crippen molar-refractivity contribution in [2.45, 2.75) is 59.3 Å². The highest BCUT2D eigenvalue weighted by Gasteiger charge is 2.40. The highest BCUT2D eigenvalue weighted by molar-refractivity contribution is 6.85. The van der Waals surface area contributed by atoms with Gasteiger partial charge in [0.25, 0.3) is 5.97 Å². The van der Waals surface area contributed by atoms with Gasteiger partial charge in [-0.05, 0) is 52.4 Å². The van der Waals surface area contributed by atoms with Crippen LogP contribution in [0, 0.1) is 0 Å². The molecule has 0 radical (unpaired) electrons. The summed E-state index contributed by atoms with van der Waals surface area (Å²) in [4.78, 5) is 18.8. The van der Waals surface area contributed by atoms with Gasteiger partial charge in [0.15, 0.2) is 9.04 Å². The van der Waals surface area contributed by atoms with E-state index < -0.39 is 40.7 Å². The van der Waals surface area contributed by atoms with Crippen LogP contribution in [0.1, 0.15) is 6.92 Å². The van der Waals surface area contributed by atoms with Crippen molar-refractivity contribution in [2.75, 3.05) is 0 Å². The van der Waals surface area contributed by atoms with Crippen LogP contribution < -0.4 is 0 Å². The largest absolute Gasteiger partial charge is 0.481 e. The maximum atomic E-state index is 9.79. The van der Waals surface area contributed by atoms with E-state index in [-0.39, 0.29) is 0 Å². The average Bonchev–Trinajstić information content (AvgIpc) is 1.88. The molecule has 0 aromatic rings. The zero-order valence-electron chi connectivity index (χ0n) is 14.1. The number of carboxylic acid groups (broad SMARTS) is 1. The molecule has 10 heteroatoms. The van der Waals surface area contributed by atoms with E-state index in [9.17, 15) is 4.80 Å². The minimum absolute atomic E-state index is 0.833.